The third-order valence-electron chi connectivity index (χ3n) is 3.99. The summed E-state index contributed by atoms with van der Waals surface area (Å²) in [5, 5.41) is 11.7. The van der Waals surface area contributed by atoms with E-state index in [4.69, 9.17) is 9.52 Å². The van der Waals surface area contributed by atoms with Crippen molar-refractivity contribution in [3.63, 3.8) is 0 Å². The number of amides is 1. The molecule has 0 saturated carbocycles. The summed E-state index contributed by atoms with van der Waals surface area (Å²) in [7, 11) is 0. The van der Waals surface area contributed by atoms with Crippen molar-refractivity contribution in [3.8, 4) is 11.3 Å². The Kier molecular flexibility index (Phi) is 5.39. The number of halogens is 1. The molecule has 1 aromatic heterocycles. The van der Waals surface area contributed by atoms with Gasteiger partial charge in [-0.3, -0.25) is 4.79 Å². The van der Waals surface area contributed by atoms with Crippen molar-refractivity contribution in [2.45, 2.75) is 38.6 Å². The predicted octanol–water partition coefficient (Wildman–Crippen LogP) is 3.39. The molecular weight excluding hydrogens is 313 g/mol. The van der Waals surface area contributed by atoms with Gasteiger partial charge in [-0.1, -0.05) is 19.1 Å². The van der Waals surface area contributed by atoms with Crippen LogP contribution >= 0.6 is 0 Å². The SMILES string of the molecule is CCC(C)(NC(=O)CCc1ccc(-c2ccccc2F)o1)C(=O)O. The van der Waals surface area contributed by atoms with Gasteiger partial charge in [-0.2, -0.15) is 0 Å². The Labute approximate surface area is 139 Å². The monoisotopic (exact) mass is 333 g/mol. The molecular formula is C18H20FNO4. The number of benzene rings is 1. The van der Waals surface area contributed by atoms with Crippen LogP contribution in [0.2, 0.25) is 0 Å². The van der Waals surface area contributed by atoms with Gasteiger partial charge in [0.15, 0.2) is 0 Å². The Bertz CT molecular complexity index is 740. The first-order chi connectivity index (χ1) is 11.4. The highest BCUT2D eigenvalue weighted by Gasteiger charge is 2.32. The van der Waals surface area contributed by atoms with Gasteiger partial charge in [0.25, 0.3) is 0 Å². The van der Waals surface area contributed by atoms with Gasteiger partial charge in [-0.05, 0) is 37.6 Å². The van der Waals surface area contributed by atoms with Crippen LogP contribution < -0.4 is 5.32 Å². The van der Waals surface area contributed by atoms with Gasteiger partial charge in [0.2, 0.25) is 5.91 Å². The van der Waals surface area contributed by atoms with Gasteiger partial charge in [-0.15, -0.1) is 0 Å². The number of carbonyl (C=O) groups is 2. The fraction of sp³-hybridized carbons (Fsp3) is 0.333. The molecule has 0 saturated heterocycles. The van der Waals surface area contributed by atoms with Crippen LogP contribution in [0.15, 0.2) is 40.8 Å². The minimum Gasteiger partial charge on any atom is -0.480 e. The third-order valence-corrected chi connectivity index (χ3v) is 3.99. The summed E-state index contributed by atoms with van der Waals surface area (Å²) >= 11 is 0. The Balaban J connectivity index is 1.97. The molecule has 0 aliphatic carbocycles. The summed E-state index contributed by atoms with van der Waals surface area (Å²) in [6.07, 6.45) is 0.680. The van der Waals surface area contributed by atoms with Crippen molar-refractivity contribution in [2.24, 2.45) is 0 Å². The lowest BCUT2D eigenvalue weighted by Crippen LogP contribution is -2.51. The topological polar surface area (TPSA) is 79.5 Å². The molecule has 128 valence electrons. The third kappa shape index (κ3) is 4.01. The van der Waals surface area contributed by atoms with Crippen molar-refractivity contribution in [1.29, 1.82) is 0 Å². The minimum absolute atomic E-state index is 0.0904. The van der Waals surface area contributed by atoms with Crippen molar-refractivity contribution < 1.29 is 23.5 Å². The molecule has 2 rings (SSSR count). The van der Waals surface area contributed by atoms with Crippen molar-refractivity contribution in [3.05, 3.63) is 48.0 Å². The van der Waals surface area contributed by atoms with E-state index in [0.29, 0.717) is 23.5 Å². The zero-order valence-corrected chi connectivity index (χ0v) is 13.6. The van der Waals surface area contributed by atoms with Crippen LogP contribution in [0, 0.1) is 5.82 Å². The summed E-state index contributed by atoms with van der Waals surface area (Å²) in [6.45, 7) is 3.16. The van der Waals surface area contributed by atoms with E-state index >= 15 is 0 Å². The molecule has 1 unspecified atom stereocenters. The van der Waals surface area contributed by atoms with Gasteiger partial charge in [0.1, 0.15) is 22.9 Å². The van der Waals surface area contributed by atoms with Gasteiger partial charge in [0.05, 0.1) is 5.56 Å². The molecule has 1 atom stereocenters. The van der Waals surface area contributed by atoms with Crippen LogP contribution in [-0.4, -0.2) is 22.5 Å². The largest absolute Gasteiger partial charge is 0.480 e. The first kappa shape index (κ1) is 17.7. The fourth-order valence-corrected chi connectivity index (χ4v) is 2.22. The molecule has 0 aliphatic rings. The number of furan rings is 1. The summed E-state index contributed by atoms with van der Waals surface area (Å²) in [5.74, 6) is -0.885. The van der Waals surface area contributed by atoms with Crippen LogP contribution in [0.1, 0.15) is 32.4 Å². The number of carboxylic acid groups (broad SMARTS) is 1. The Morgan fingerprint density at radius 2 is 1.96 bits per heavy atom. The quantitative estimate of drug-likeness (QED) is 0.814. The predicted molar refractivity (Wildman–Crippen MR) is 86.9 cm³/mol. The number of aryl methyl sites for hydroxylation is 1. The van der Waals surface area contributed by atoms with E-state index in [1.54, 1.807) is 37.3 Å². The van der Waals surface area contributed by atoms with E-state index in [0.717, 1.165) is 0 Å². The average Bonchev–Trinajstić information content (AvgIpc) is 3.01. The number of carboxylic acids is 1. The van der Waals surface area contributed by atoms with Crippen molar-refractivity contribution in [2.75, 3.05) is 0 Å². The van der Waals surface area contributed by atoms with Crippen LogP contribution in [0.5, 0.6) is 0 Å². The minimum atomic E-state index is -1.28. The molecule has 1 amide bonds. The molecule has 24 heavy (non-hydrogen) atoms. The Morgan fingerprint density at radius 3 is 2.58 bits per heavy atom. The zero-order valence-electron chi connectivity index (χ0n) is 13.6. The molecule has 0 spiro atoms. The number of rotatable bonds is 7. The van der Waals surface area contributed by atoms with Gasteiger partial charge < -0.3 is 14.8 Å². The first-order valence-corrected chi connectivity index (χ1v) is 7.73. The van der Waals surface area contributed by atoms with E-state index in [1.165, 1.54) is 13.0 Å². The lowest BCUT2D eigenvalue weighted by atomic mass is 9.99. The summed E-state index contributed by atoms with van der Waals surface area (Å²) < 4.78 is 19.3. The Morgan fingerprint density at radius 1 is 1.25 bits per heavy atom. The second kappa shape index (κ2) is 7.29. The highest BCUT2D eigenvalue weighted by molar-refractivity contribution is 5.86. The summed E-state index contributed by atoms with van der Waals surface area (Å²) in [6, 6.07) is 9.61. The highest BCUT2D eigenvalue weighted by Crippen LogP contribution is 2.25. The van der Waals surface area contributed by atoms with E-state index < -0.39 is 11.5 Å². The van der Waals surface area contributed by atoms with Gasteiger partial charge >= 0.3 is 5.97 Å². The maximum atomic E-state index is 13.7. The van der Waals surface area contributed by atoms with Crippen molar-refractivity contribution >= 4 is 11.9 Å². The molecule has 0 bridgehead atoms. The van der Waals surface area contributed by atoms with E-state index in [-0.39, 0.29) is 24.6 Å². The number of hydrogen-bond donors (Lipinski definition) is 2. The van der Waals surface area contributed by atoms with Gasteiger partial charge in [0, 0.05) is 12.8 Å². The molecule has 1 heterocycles. The Hall–Kier alpha value is -2.63. The van der Waals surface area contributed by atoms with Crippen LogP contribution in [0.3, 0.4) is 0 Å². The maximum Gasteiger partial charge on any atom is 0.329 e. The lowest BCUT2D eigenvalue weighted by molar-refractivity contribution is -0.147. The van der Waals surface area contributed by atoms with Gasteiger partial charge in [-0.25, -0.2) is 9.18 Å². The number of nitrogens with one attached hydrogen (secondary N) is 1. The van der Waals surface area contributed by atoms with Crippen LogP contribution in [-0.2, 0) is 16.0 Å². The average molecular weight is 333 g/mol. The number of aliphatic carboxylic acids is 1. The van der Waals surface area contributed by atoms with Crippen LogP contribution in [0.25, 0.3) is 11.3 Å². The second-order valence-corrected chi connectivity index (χ2v) is 5.78. The van der Waals surface area contributed by atoms with E-state index in [9.17, 15) is 14.0 Å². The fourth-order valence-electron chi connectivity index (χ4n) is 2.22. The van der Waals surface area contributed by atoms with E-state index in [2.05, 4.69) is 5.32 Å². The molecule has 5 nitrogen and oxygen atoms in total. The van der Waals surface area contributed by atoms with Crippen molar-refractivity contribution in [1.82, 2.24) is 5.32 Å². The lowest BCUT2D eigenvalue weighted by Gasteiger charge is -2.24. The maximum absolute atomic E-state index is 13.7. The zero-order chi connectivity index (χ0) is 17.7. The standard InChI is InChI=1S/C18H20FNO4/c1-3-18(2,17(22)23)20-16(21)11-9-12-8-10-15(24-12)13-6-4-5-7-14(13)19/h4-8,10H,3,9,11H2,1-2H3,(H,20,21)(H,22,23). The molecule has 0 radical (unpaired) electrons. The summed E-state index contributed by atoms with van der Waals surface area (Å²) in [5.41, 5.74) is -0.920. The molecule has 0 aliphatic heterocycles. The summed E-state index contributed by atoms with van der Waals surface area (Å²) in [4.78, 5) is 23.1. The smallest absolute Gasteiger partial charge is 0.329 e. The molecule has 2 N–H and O–H groups in total. The normalized spacial score (nSPS) is 13.3. The first-order valence-electron chi connectivity index (χ1n) is 7.73. The molecule has 6 heteroatoms. The number of carbonyl (C=O) groups excluding carboxylic acids is 1. The van der Waals surface area contributed by atoms with E-state index in [1.807, 2.05) is 0 Å². The second-order valence-electron chi connectivity index (χ2n) is 5.78. The molecule has 1 aromatic carbocycles. The molecule has 2 aromatic rings. The highest BCUT2D eigenvalue weighted by atomic mass is 19.1. The number of hydrogen-bond acceptors (Lipinski definition) is 3. The molecule has 0 fully saturated rings. The van der Waals surface area contributed by atoms with Crippen LogP contribution in [0.4, 0.5) is 4.39 Å².